The fourth-order valence-electron chi connectivity index (χ4n) is 2.35. The van der Waals surface area contributed by atoms with Crippen LogP contribution in [0, 0.1) is 5.92 Å². The summed E-state index contributed by atoms with van der Waals surface area (Å²) in [5, 5.41) is 3.33. The van der Waals surface area contributed by atoms with Crippen molar-refractivity contribution in [1.29, 1.82) is 0 Å². The second kappa shape index (κ2) is 4.32. The Balaban J connectivity index is 1.98. The van der Waals surface area contributed by atoms with Crippen molar-refractivity contribution in [2.45, 2.75) is 31.9 Å². The monoisotopic (exact) mass is 197 g/mol. The van der Waals surface area contributed by atoms with Gasteiger partial charge in [0.05, 0.1) is 25.4 Å². The first kappa shape index (κ1) is 9.99. The van der Waals surface area contributed by atoms with Crippen molar-refractivity contribution < 1.29 is 9.47 Å². The molecule has 0 aliphatic carbocycles. The van der Waals surface area contributed by atoms with Crippen LogP contribution in [0.4, 0.5) is 0 Å². The first-order valence-corrected chi connectivity index (χ1v) is 5.43. The van der Waals surface area contributed by atoms with Gasteiger partial charge in [-0.3, -0.25) is 0 Å². The molecule has 1 N–H and O–H groups in total. The highest BCUT2D eigenvalue weighted by Gasteiger charge is 2.32. The first-order valence-electron chi connectivity index (χ1n) is 5.43. The zero-order chi connectivity index (χ0) is 9.97. The molecule has 0 aromatic heterocycles. The molecule has 0 amide bonds. The van der Waals surface area contributed by atoms with E-state index in [9.17, 15) is 0 Å². The molecule has 2 aliphatic rings. The predicted octanol–water partition coefficient (Wildman–Crippen LogP) is 1.30. The number of hydrogen-bond donors (Lipinski definition) is 1. The summed E-state index contributed by atoms with van der Waals surface area (Å²) in [5.74, 6) is 1.69. The highest BCUT2D eigenvalue weighted by molar-refractivity contribution is 5.09. The van der Waals surface area contributed by atoms with E-state index in [-0.39, 0.29) is 0 Å². The fourth-order valence-corrected chi connectivity index (χ4v) is 2.35. The van der Waals surface area contributed by atoms with Gasteiger partial charge < -0.3 is 14.8 Å². The highest BCUT2D eigenvalue weighted by Crippen LogP contribution is 2.28. The van der Waals surface area contributed by atoms with Gasteiger partial charge in [0.1, 0.15) is 5.76 Å². The van der Waals surface area contributed by atoms with Gasteiger partial charge in [-0.2, -0.15) is 0 Å². The molecule has 14 heavy (non-hydrogen) atoms. The molecule has 2 aliphatic heterocycles. The minimum atomic E-state index is 0.349. The van der Waals surface area contributed by atoms with E-state index < -0.39 is 0 Å². The van der Waals surface area contributed by atoms with Gasteiger partial charge in [0, 0.05) is 12.3 Å². The molecule has 0 aromatic rings. The Labute approximate surface area is 85.5 Å². The van der Waals surface area contributed by atoms with Gasteiger partial charge in [0.15, 0.2) is 0 Å². The van der Waals surface area contributed by atoms with Gasteiger partial charge in [-0.25, -0.2) is 0 Å². The number of likely N-dealkylation sites (N-methyl/N-ethyl adjacent to an activating group) is 1. The van der Waals surface area contributed by atoms with E-state index in [1.54, 1.807) is 0 Å². The van der Waals surface area contributed by atoms with Gasteiger partial charge in [-0.1, -0.05) is 0 Å². The van der Waals surface area contributed by atoms with Crippen LogP contribution in [0.1, 0.15) is 19.8 Å². The molecule has 3 unspecified atom stereocenters. The van der Waals surface area contributed by atoms with Crippen molar-refractivity contribution in [2.75, 3.05) is 20.3 Å². The molecule has 0 spiro atoms. The predicted molar refractivity (Wildman–Crippen MR) is 55.0 cm³/mol. The molecular formula is C11H19NO2. The topological polar surface area (TPSA) is 30.5 Å². The van der Waals surface area contributed by atoms with Crippen LogP contribution in [0.5, 0.6) is 0 Å². The lowest BCUT2D eigenvalue weighted by Crippen LogP contribution is -2.36. The summed E-state index contributed by atoms with van der Waals surface area (Å²) in [4.78, 5) is 0. The number of rotatable bonds is 3. The minimum Gasteiger partial charge on any atom is -0.496 e. The van der Waals surface area contributed by atoms with E-state index >= 15 is 0 Å². The summed E-state index contributed by atoms with van der Waals surface area (Å²) in [5.41, 5.74) is 0. The van der Waals surface area contributed by atoms with E-state index in [1.165, 1.54) is 0 Å². The zero-order valence-electron chi connectivity index (χ0n) is 8.95. The maximum atomic E-state index is 5.60. The third kappa shape index (κ3) is 1.93. The van der Waals surface area contributed by atoms with Gasteiger partial charge in [-0.15, -0.1) is 0 Å². The molecule has 1 saturated heterocycles. The molecule has 2 rings (SSSR count). The average molecular weight is 197 g/mol. The van der Waals surface area contributed by atoms with Crippen LogP contribution in [0.2, 0.25) is 0 Å². The maximum Gasteiger partial charge on any atom is 0.109 e. The molecule has 0 radical (unpaired) electrons. The summed E-state index contributed by atoms with van der Waals surface area (Å²) in [6.07, 6.45) is 4.78. The van der Waals surface area contributed by atoms with Crippen LogP contribution in [-0.4, -0.2) is 32.4 Å². The van der Waals surface area contributed by atoms with E-state index in [4.69, 9.17) is 9.47 Å². The number of hydrogen-bond acceptors (Lipinski definition) is 3. The molecule has 3 atom stereocenters. The third-order valence-corrected chi connectivity index (χ3v) is 3.05. The second-order valence-electron chi connectivity index (χ2n) is 4.15. The van der Waals surface area contributed by atoms with Crippen LogP contribution in [-0.2, 0) is 9.47 Å². The third-order valence-electron chi connectivity index (χ3n) is 3.05. The molecule has 0 aromatic carbocycles. The molecule has 1 fully saturated rings. The van der Waals surface area contributed by atoms with Crippen LogP contribution in [0.3, 0.4) is 0 Å². The van der Waals surface area contributed by atoms with Crippen molar-refractivity contribution in [2.24, 2.45) is 5.92 Å². The van der Waals surface area contributed by atoms with Crippen LogP contribution < -0.4 is 5.32 Å². The minimum absolute atomic E-state index is 0.349. The van der Waals surface area contributed by atoms with Gasteiger partial charge in [-0.05, 0) is 26.5 Å². The van der Waals surface area contributed by atoms with Crippen molar-refractivity contribution >= 4 is 0 Å². The second-order valence-corrected chi connectivity index (χ2v) is 4.15. The summed E-state index contributed by atoms with van der Waals surface area (Å²) < 4.78 is 11.2. The van der Waals surface area contributed by atoms with Crippen molar-refractivity contribution in [3.8, 4) is 0 Å². The molecule has 0 bridgehead atoms. The maximum absolute atomic E-state index is 5.60. The Morgan fingerprint density at radius 3 is 2.93 bits per heavy atom. The van der Waals surface area contributed by atoms with E-state index in [1.807, 2.05) is 7.05 Å². The fraction of sp³-hybridized carbons (Fsp3) is 0.818. The van der Waals surface area contributed by atoms with E-state index in [0.29, 0.717) is 18.1 Å². The number of nitrogens with one attached hydrogen (secondary N) is 1. The smallest absolute Gasteiger partial charge is 0.109 e. The molecule has 80 valence electrons. The molecule has 3 heteroatoms. The average Bonchev–Trinajstić information content (AvgIpc) is 2.79. The summed E-state index contributed by atoms with van der Waals surface area (Å²) in [6, 6.07) is 0.349. The Kier molecular flexibility index (Phi) is 3.08. The molecule has 2 heterocycles. The normalized spacial score (nSPS) is 34.0. The Hall–Kier alpha value is -0.540. The molecule has 0 saturated carbocycles. The van der Waals surface area contributed by atoms with Crippen molar-refractivity contribution in [3.63, 3.8) is 0 Å². The van der Waals surface area contributed by atoms with Crippen LogP contribution in [0.25, 0.3) is 0 Å². The lowest BCUT2D eigenvalue weighted by atomic mass is 9.95. The highest BCUT2D eigenvalue weighted by atomic mass is 16.5. The summed E-state index contributed by atoms with van der Waals surface area (Å²) in [6.45, 7) is 3.83. The van der Waals surface area contributed by atoms with Crippen LogP contribution in [0.15, 0.2) is 11.8 Å². The van der Waals surface area contributed by atoms with Gasteiger partial charge >= 0.3 is 0 Å². The van der Waals surface area contributed by atoms with E-state index in [2.05, 4.69) is 18.3 Å². The van der Waals surface area contributed by atoms with Gasteiger partial charge in [0.2, 0.25) is 0 Å². The number of ether oxygens (including phenoxy) is 2. The quantitative estimate of drug-likeness (QED) is 0.740. The van der Waals surface area contributed by atoms with Gasteiger partial charge in [0.25, 0.3) is 0 Å². The standard InChI is InChI=1S/C11H19NO2/c1-8-6-9(7-14-8)11(12-2)10-4-3-5-13-10/h4,8-9,11-12H,3,5-7H2,1-2H3. The summed E-state index contributed by atoms with van der Waals surface area (Å²) in [7, 11) is 2.00. The van der Waals surface area contributed by atoms with Crippen molar-refractivity contribution in [3.05, 3.63) is 11.8 Å². The molecule has 3 nitrogen and oxygen atoms in total. The Morgan fingerprint density at radius 2 is 2.43 bits per heavy atom. The SMILES string of the molecule is CNC(C1=CCCO1)C1COC(C)C1. The zero-order valence-corrected chi connectivity index (χ0v) is 8.95. The Morgan fingerprint density at radius 1 is 1.57 bits per heavy atom. The first-order chi connectivity index (χ1) is 6.81. The van der Waals surface area contributed by atoms with Crippen LogP contribution >= 0.6 is 0 Å². The van der Waals surface area contributed by atoms with Crippen molar-refractivity contribution in [1.82, 2.24) is 5.32 Å². The largest absolute Gasteiger partial charge is 0.496 e. The lowest BCUT2D eigenvalue weighted by molar-refractivity contribution is 0.114. The lowest BCUT2D eigenvalue weighted by Gasteiger charge is -2.22. The summed E-state index contributed by atoms with van der Waals surface area (Å²) >= 11 is 0. The Bertz CT molecular complexity index is 227. The van der Waals surface area contributed by atoms with E-state index in [0.717, 1.165) is 31.8 Å². The molecular weight excluding hydrogens is 178 g/mol.